The third-order valence-electron chi connectivity index (χ3n) is 3.11. The molecular weight excluding hydrogens is 239 g/mol. The van der Waals surface area contributed by atoms with E-state index in [2.05, 4.69) is 4.98 Å². The fraction of sp³-hybridized carbons (Fsp3) is 0.0625. The molecule has 1 aromatic heterocycles. The van der Waals surface area contributed by atoms with Crippen molar-refractivity contribution in [2.45, 2.75) is 6.54 Å². The lowest BCUT2D eigenvalue weighted by Crippen LogP contribution is -1.98. The third-order valence-corrected chi connectivity index (χ3v) is 3.11. The molecule has 0 bridgehead atoms. The first kappa shape index (κ1) is 11.8. The Kier molecular flexibility index (Phi) is 2.97. The van der Waals surface area contributed by atoms with Crippen molar-refractivity contribution in [3.8, 4) is 11.1 Å². The van der Waals surface area contributed by atoms with Crippen LogP contribution in [0.1, 0.15) is 5.69 Å². The first-order valence-corrected chi connectivity index (χ1v) is 6.12. The van der Waals surface area contributed by atoms with Gasteiger partial charge in [0, 0.05) is 11.9 Å². The molecular formula is C16H13FN2. The van der Waals surface area contributed by atoms with Crippen LogP contribution in [0.3, 0.4) is 0 Å². The predicted octanol–water partition coefficient (Wildman–Crippen LogP) is 3.50. The molecule has 19 heavy (non-hydrogen) atoms. The summed E-state index contributed by atoms with van der Waals surface area (Å²) in [7, 11) is 0. The van der Waals surface area contributed by atoms with E-state index in [9.17, 15) is 4.39 Å². The van der Waals surface area contributed by atoms with Crippen molar-refractivity contribution in [2.24, 2.45) is 5.73 Å². The van der Waals surface area contributed by atoms with Crippen molar-refractivity contribution < 1.29 is 4.39 Å². The molecule has 0 aliphatic rings. The van der Waals surface area contributed by atoms with Gasteiger partial charge in [0.25, 0.3) is 0 Å². The lowest BCUT2D eigenvalue weighted by atomic mass is 10.0. The molecule has 2 nitrogen and oxygen atoms in total. The van der Waals surface area contributed by atoms with Gasteiger partial charge in [-0.05, 0) is 41.5 Å². The maximum atomic E-state index is 13.2. The highest BCUT2D eigenvalue weighted by atomic mass is 19.1. The van der Waals surface area contributed by atoms with Gasteiger partial charge < -0.3 is 5.73 Å². The molecule has 2 N–H and O–H groups in total. The Morgan fingerprint density at radius 1 is 0.947 bits per heavy atom. The Balaban J connectivity index is 2.11. The van der Waals surface area contributed by atoms with Gasteiger partial charge >= 0.3 is 0 Å². The fourth-order valence-corrected chi connectivity index (χ4v) is 2.13. The molecule has 0 unspecified atom stereocenters. The Morgan fingerprint density at radius 3 is 2.58 bits per heavy atom. The van der Waals surface area contributed by atoms with Crippen LogP contribution in [0.25, 0.3) is 22.0 Å². The fourth-order valence-electron chi connectivity index (χ4n) is 2.13. The van der Waals surface area contributed by atoms with E-state index in [1.807, 2.05) is 36.4 Å². The standard InChI is InChI=1S/C16H13FN2/c17-14-3-1-2-11(9-14)12-5-7-16-13(8-12)4-6-15(10-18)19-16/h1-9H,10,18H2. The zero-order chi connectivity index (χ0) is 13.2. The van der Waals surface area contributed by atoms with Gasteiger partial charge in [-0.1, -0.05) is 24.3 Å². The predicted molar refractivity (Wildman–Crippen MR) is 75.0 cm³/mol. The molecule has 0 saturated carbocycles. The van der Waals surface area contributed by atoms with Crippen molar-refractivity contribution in [3.05, 3.63) is 66.1 Å². The molecule has 0 fully saturated rings. The van der Waals surface area contributed by atoms with Gasteiger partial charge in [-0.25, -0.2) is 4.39 Å². The number of halogens is 1. The van der Waals surface area contributed by atoms with Crippen LogP contribution in [0.2, 0.25) is 0 Å². The van der Waals surface area contributed by atoms with E-state index in [4.69, 9.17) is 5.73 Å². The molecule has 3 rings (SSSR count). The van der Waals surface area contributed by atoms with Crippen LogP contribution in [-0.2, 0) is 6.54 Å². The number of aromatic nitrogens is 1. The maximum Gasteiger partial charge on any atom is 0.123 e. The number of nitrogens with zero attached hydrogens (tertiary/aromatic N) is 1. The molecule has 94 valence electrons. The zero-order valence-electron chi connectivity index (χ0n) is 10.3. The van der Waals surface area contributed by atoms with Crippen LogP contribution in [0.15, 0.2) is 54.6 Å². The number of rotatable bonds is 2. The van der Waals surface area contributed by atoms with Crippen LogP contribution < -0.4 is 5.73 Å². The van der Waals surface area contributed by atoms with Crippen LogP contribution >= 0.6 is 0 Å². The van der Waals surface area contributed by atoms with Gasteiger partial charge in [0.1, 0.15) is 5.82 Å². The summed E-state index contributed by atoms with van der Waals surface area (Å²) in [5.74, 6) is -0.228. The largest absolute Gasteiger partial charge is 0.325 e. The van der Waals surface area contributed by atoms with Gasteiger partial charge in [0.05, 0.1) is 11.2 Å². The molecule has 0 spiro atoms. The molecule has 3 heteroatoms. The summed E-state index contributed by atoms with van der Waals surface area (Å²) in [6, 6.07) is 16.4. The average Bonchev–Trinajstić information content (AvgIpc) is 2.46. The van der Waals surface area contributed by atoms with E-state index in [0.29, 0.717) is 6.54 Å². The van der Waals surface area contributed by atoms with E-state index >= 15 is 0 Å². The minimum atomic E-state index is -0.228. The molecule has 0 aliphatic carbocycles. The summed E-state index contributed by atoms with van der Waals surface area (Å²) in [5.41, 5.74) is 9.19. The second kappa shape index (κ2) is 4.78. The molecule has 0 aliphatic heterocycles. The highest BCUT2D eigenvalue weighted by molar-refractivity contribution is 5.84. The lowest BCUT2D eigenvalue weighted by Gasteiger charge is -2.05. The zero-order valence-corrected chi connectivity index (χ0v) is 10.3. The monoisotopic (exact) mass is 252 g/mol. The summed E-state index contributed by atoms with van der Waals surface area (Å²) >= 11 is 0. The van der Waals surface area contributed by atoms with Gasteiger partial charge in [0.15, 0.2) is 0 Å². The lowest BCUT2D eigenvalue weighted by molar-refractivity contribution is 0.628. The SMILES string of the molecule is NCc1ccc2cc(-c3cccc(F)c3)ccc2n1. The van der Waals surface area contributed by atoms with Crippen molar-refractivity contribution in [1.29, 1.82) is 0 Å². The highest BCUT2D eigenvalue weighted by Crippen LogP contribution is 2.24. The topological polar surface area (TPSA) is 38.9 Å². The van der Waals surface area contributed by atoms with E-state index < -0.39 is 0 Å². The molecule has 2 aromatic carbocycles. The number of fused-ring (bicyclic) bond motifs is 1. The normalized spacial score (nSPS) is 10.8. The molecule has 0 amide bonds. The highest BCUT2D eigenvalue weighted by Gasteiger charge is 2.02. The van der Waals surface area contributed by atoms with Crippen molar-refractivity contribution >= 4 is 10.9 Å². The number of nitrogens with two attached hydrogens (primary N) is 1. The number of hydrogen-bond acceptors (Lipinski definition) is 2. The number of benzene rings is 2. The number of hydrogen-bond donors (Lipinski definition) is 1. The van der Waals surface area contributed by atoms with Crippen LogP contribution in [0.5, 0.6) is 0 Å². The summed E-state index contributed by atoms with van der Waals surface area (Å²) in [5, 5.41) is 1.03. The average molecular weight is 252 g/mol. The van der Waals surface area contributed by atoms with Crippen molar-refractivity contribution in [1.82, 2.24) is 4.98 Å². The van der Waals surface area contributed by atoms with Gasteiger partial charge in [-0.2, -0.15) is 0 Å². The smallest absolute Gasteiger partial charge is 0.123 e. The molecule has 0 radical (unpaired) electrons. The quantitative estimate of drug-likeness (QED) is 0.758. The first-order valence-electron chi connectivity index (χ1n) is 6.12. The Bertz CT molecular complexity index is 738. The van der Waals surface area contributed by atoms with Crippen LogP contribution in [0, 0.1) is 5.82 Å². The second-order valence-electron chi connectivity index (χ2n) is 4.42. The summed E-state index contributed by atoms with van der Waals surface area (Å²) < 4.78 is 13.2. The van der Waals surface area contributed by atoms with Crippen molar-refractivity contribution in [2.75, 3.05) is 0 Å². The molecule has 0 atom stereocenters. The number of pyridine rings is 1. The van der Waals surface area contributed by atoms with Gasteiger partial charge in [0.2, 0.25) is 0 Å². The van der Waals surface area contributed by atoms with E-state index in [1.54, 1.807) is 6.07 Å². The van der Waals surface area contributed by atoms with Gasteiger partial charge in [-0.3, -0.25) is 4.98 Å². The van der Waals surface area contributed by atoms with E-state index in [-0.39, 0.29) is 5.82 Å². The summed E-state index contributed by atoms with van der Waals surface area (Å²) in [6.45, 7) is 0.432. The first-order chi connectivity index (χ1) is 9.26. The van der Waals surface area contributed by atoms with Crippen LogP contribution in [-0.4, -0.2) is 4.98 Å². The molecule has 1 heterocycles. The molecule has 3 aromatic rings. The summed E-state index contributed by atoms with van der Waals surface area (Å²) in [6.07, 6.45) is 0. The molecule has 0 saturated heterocycles. The van der Waals surface area contributed by atoms with E-state index in [0.717, 1.165) is 27.7 Å². The minimum absolute atomic E-state index is 0.228. The summed E-state index contributed by atoms with van der Waals surface area (Å²) in [4.78, 5) is 4.45. The Labute approximate surface area is 110 Å². The third kappa shape index (κ3) is 2.33. The van der Waals surface area contributed by atoms with Crippen LogP contribution in [0.4, 0.5) is 4.39 Å². The van der Waals surface area contributed by atoms with E-state index in [1.165, 1.54) is 12.1 Å². The minimum Gasteiger partial charge on any atom is -0.325 e. The van der Waals surface area contributed by atoms with Crippen molar-refractivity contribution in [3.63, 3.8) is 0 Å². The Morgan fingerprint density at radius 2 is 1.79 bits per heavy atom. The maximum absolute atomic E-state index is 13.2. The second-order valence-corrected chi connectivity index (χ2v) is 4.42. The Hall–Kier alpha value is -2.26. The van der Waals surface area contributed by atoms with Gasteiger partial charge in [-0.15, -0.1) is 0 Å².